The van der Waals surface area contributed by atoms with Crippen molar-refractivity contribution in [3.8, 4) is 0 Å². The van der Waals surface area contributed by atoms with Crippen LogP contribution in [0.5, 0.6) is 0 Å². The monoisotopic (exact) mass is 275 g/mol. The van der Waals surface area contributed by atoms with Crippen molar-refractivity contribution in [1.82, 2.24) is 0 Å². The number of anilines is 1. The molecule has 0 saturated carbocycles. The molecule has 0 aliphatic rings. The fraction of sp³-hybridized carbons (Fsp3) is 0. The molecule has 0 saturated heterocycles. The van der Waals surface area contributed by atoms with Crippen molar-refractivity contribution in [1.29, 1.82) is 0 Å². The fourth-order valence-electron chi connectivity index (χ4n) is 1.54. The molecule has 7 nitrogen and oxygen atoms in total. The second-order valence-corrected chi connectivity index (χ2v) is 3.79. The zero-order valence-corrected chi connectivity index (χ0v) is 9.99. The van der Waals surface area contributed by atoms with Gasteiger partial charge in [-0.1, -0.05) is 12.1 Å². The van der Waals surface area contributed by atoms with Crippen molar-refractivity contribution in [2.24, 2.45) is 0 Å². The highest BCUT2D eigenvalue weighted by Gasteiger charge is 2.16. The molecule has 2 rings (SSSR count). The smallest absolute Gasteiger partial charge is 0.344 e. The Labute approximate surface area is 111 Å². The van der Waals surface area contributed by atoms with Gasteiger partial charge in [-0.2, -0.15) is 0 Å². The van der Waals surface area contributed by atoms with Gasteiger partial charge in [0.25, 0.3) is 0 Å². The summed E-state index contributed by atoms with van der Waals surface area (Å²) in [6.07, 6.45) is 1.83. The number of hydrogen-bond donors (Lipinski definition) is 3. The third kappa shape index (κ3) is 2.51. The van der Waals surface area contributed by atoms with Crippen LogP contribution in [0.1, 0.15) is 0 Å². The largest absolute Gasteiger partial charge is 0.477 e. The number of para-hydroxylation sites is 1. The molecule has 7 heteroatoms. The van der Waals surface area contributed by atoms with E-state index in [-0.39, 0.29) is 5.69 Å². The zero-order valence-electron chi connectivity index (χ0n) is 9.99. The summed E-state index contributed by atoms with van der Waals surface area (Å²) in [4.78, 5) is 33.4. The van der Waals surface area contributed by atoms with Crippen LogP contribution in [0.15, 0.2) is 51.5 Å². The second kappa shape index (κ2) is 5.27. The molecule has 20 heavy (non-hydrogen) atoms. The maximum absolute atomic E-state index is 12.0. The Morgan fingerprint density at radius 2 is 1.80 bits per heavy atom. The van der Waals surface area contributed by atoms with Crippen molar-refractivity contribution < 1.29 is 24.2 Å². The van der Waals surface area contributed by atoms with Gasteiger partial charge < -0.3 is 19.9 Å². The molecule has 3 N–H and O–H groups in total. The number of fused-ring (bicyclic) bond motifs is 1. The number of carbonyl (C=O) groups is 2. The number of hydrogen-bond acceptors (Lipinski definition) is 5. The summed E-state index contributed by atoms with van der Waals surface area (Å²) >= 11 is 0. The number of carboxylic acid groups (broad SMARTS) is 2. The quantitative estimate of drug-likeness (QED) is 0.436. The van der Waals surface area contributed by atoms with E-state index < -0.39 is 22.9 Å². The predicted octanol–water partition coefficient (Wildman–Crippen LogP) is 1.26. The van der Waals surface area contributed by atoms with Gasteiger partial charge >= 0.3 is 11.9 Å². The first-order chi connectivity index (χ1) is 9.50. The van der Waals surface area contributed by atoms with E-state index in [0.29, 0.717) is 11.0 Å². The van der Waals surface area contributed by atoms with Gasteiger partial charge in [-0.15, -0.1) is 0 Å². The Morgan fingerprint density at radius 1 is 1.15 bits per heavy atom. The predicted molar refractivity (Wildman–Crippen MR) is 69.5 cm³/mol. The van der Waals surface area contributed by atoms with Gasteiger partial charge in [0.1, 0.15) is 17.5 Å². The number of aliphatic carboxylic acids is 2. The van der Waals surface area contributed by atoms with E-state index in [1.165, 1.54) is 0 Å². The summed E-state index contributed by atoms with van der Waals surface area (Å²) in [5, 5.41) is 20.0. The van der Waals surface area contributed by atoms with Gasteiger partial charge in [-0.3, -0.25) is 4.79 Å². The van der Waals surface area contributed by atoms with Crippen molar-refractivity contribution in [2.45, 2.75) is 0 Å². The van der Waals surface area contributed by atoms with E-state index in [1.807, 2.05) is 0 Å². The summed E-state index contributed by atoms with van der Waals surface area (Å²) in [7, 11) is 0. The summed E-state index contributed by atoms with van der Waals surface area (Å²) < 4.78 is 5.19. The number of carboxylic acids is 2. The lowest BCUT2D eigenvalue weighted by atomic mass is 10.2. The molecule has 0 fully saturated rings. The molecule has 0 atom stereocenters. The van der Waals surface area contributed by atoms with Gasteiger partial charge in [0.05, 0.1) is 5.39 Å². The van der Waals surface area contributed by atoms with Crippen LogP contribution in [-0.2, 0) is 9.59 Å². The molecule has 0 aliphatic heterocycles. The fourth-order valence-corrected chi connectivity index (χ4v) is 1.54. The SMILES string of the molecule is O=C(O)C(=CNc1coc2ccccc2c1=O)C(=O)O. The Hall–Kier alpha value is -3.09. The molecule has 2 aromatic rings. The van der Waals surface area contributed by atoms with Crippen LogP contribution >= 0.6 is 0 Å². The molecule has 0 unspecified atom stereocenters. The minimum Gasteiger partial charge on any atom is -0.477 e. The molecular formula is C13H9NO6. The molecule has 1 heterocycles. The molecule has 0 radical (unpaired) electrons. The van der Waals surface area contributed by atoms with E-state index in [1.54, 1.807) is 24.3 Å². The third-order valence-electron chi connectivity index (χ3n) is 2.51. The molecular weight excluding hydrogens is 266 g/mol. The first kappa shape index (κ1) is 13.3. The Kier molecular flexibility index (Phi) is 3.52. The maximum atomic E-state index is 12.0. The summed E-state index contributed by atoms with van der Waals surface area (Å²) in [5.74, 6) is -3.23. The third-order valence-corrected chi connectivity index (χ3v) is 2.51. The molecule has 0 bridgehead atoms. The standard InChI is InChI=1S/C13H9NO6/c15-11-7-3-1-2-4-10(7)20-6-9(11)14-5-8(12(16)17)13(18)19/h1-6,14H,(H,16,17)(H,18,19). The highest BCUT2D eigenvalue weighted by Crippen LogP contribution is 2.13. The molecule has 0 amide bonds. The number of rotatable bonds is 4. The average molecular weight is 275 g/mol. The number of nitrogens with one attached hydrogen (secondary N) is 1. The zero-order chi connectivity index (χ0) is 14.7. The average Bonchev–Trinajstić information content (AvgIpc) is 2.41. The number of benzene rings is 1. The van der Waals surface area contributed by atoms with Crippen LogP contribution < -0.4 is 10.7 Å². The molecule has 0 aliphatic carbocycles. The van der Waals surface area contributed by atoms with Crippen LogP contribution in [0, 0.1) is 0 Å². The van der Waals surface area contributed by atoms with Crippen molar-refractivity contribution in [3.63, 3.8) is 0 Å². The summed E-state index contributed by atoms with van der Waals surface area (Å²) in [6.45, 7) is 0. The lowest BCUT2D eigenvalue weighted by molar-refractivity contribution is -0.140. The van der Waals surface area contributed by atoms with E-state index in [0.717, 1.165) is 12.5 Å². The van der Waals surface area contributed by atoms with Gasteiger partial charge in [0.15, 0.2) is 5.57 Å². The highest BCUT2D eigenvalue weighted by atomic mass is 16.4. The maximum Gasteiger partial charge on any atom is 0.344 e. The highest BCUT2D eigenvalue weighted by molar-refractivity contribution is 6.12. The second-order valence-electron chi connectivity index (χ2n) is 3.79. The van der Waals surface area contributed by atoms with Crippen LogP contribution in [-0.4, -0.2) is 22.2 Å². The van der Waals surface area contributed by atoms with Gasteiger partial charge in [-0.05, 0) is 12.1 Å². The first-order valence-corrected chi connectivity index (χ1v) is 5.44. The topological polar surface area (TPSA) is 117 Å². The van der Waals surface area contributed by atoms with Gasteiger partial charge in [0, 0.05) is 6.20 Å². The van der Waals surface area contributed by atoms with Crippen molar-refractivity contribution in [3.05, 3.63) is 52.5 Å². The van der Waals surface area contributed by atoms with Crippen molar-refractivity contribution in [2.75, 3.05) is 5.32 Å². The normalized spacial score (nSPS) is 10.0. The van der Waals surface area contributed by atoms with Gasteiger partial charge in [-0.25, -0.2) is 9.59 Å². The Morgan fingerprint density at radius 3 is 2.45 bits per heavy atom. The Balaban J connectivity index is 2.42. The summed E-state index contributed by atoms with van der Waals surface area (Å²) in [5.41, 5.74) is -0.983. The molecule has 1 aromatic carbocycles. The lowest BCUT2D eigenvalue weighted by Crippen LogP contribution is -2.14. The van der Waals surface area contributed by atoms with E-state index in [4.69, 9.17) is 14.6 Å². The Bertz CT molecular complexity index is 758. The van der Waals surface area contributed by atoms with Gasteiger partial charge in [0.2, 0.25) is 5.43 Å². The molecule has 102 valence electrons. The van der Waals surface area contributed by atoms with Crippen LogP contribution in [0.2, 0.25) is 0 Å². The molecule has 1 aromatic heterocycles. The van der Waals surface area contributed by atoms with Crippen LogP contribution in [0.25, 0.3) is 11.0 Å². The van der Waals surface area contributed by atoms with Crippen LogP contribution in [0.4, 0.5) is 5.69 Å². The minimum atomic E-state index is -1.62. The minimum absolute atomic E-state index is 0.0521. The van der Waals surface area contributed by atoms with E-state index >= 15 is 0 Å². The lowest BCUT2D eigenvalue weighted by Gasteiger charge is -2.02. The summed E-state index contributed by atoms with van der Waals surface area (Å²) in [6, 6.07) is 6.51. The van der Waals surface area contributed by atoms with E-state index in [9.17, 15) is 14.4 Å². The van der Waals surface area contributed by atoms with Crippen molar-refractivity contribution >= 4 is 28.6 Å². The van der Waals surface area contributed by atoms with Crippen LogP contribution in [0.3, 0.4) is 0 Å². The molecule has 0 spiro atoms. The first-order valence-electron chi connectivity index (χ1n) is 5.44. The van der Waals surface area contributed by atoms with E-state index in [2.05, 4.69) is 5.32 Å².